The highest BCUT2D eigenvalue weighted by Gasteiger charge is 2.41. The van der Waals surface area contributed by atoms with E-state index in [1.54, 1.807) is 17.0 Å². The summed E-state index contributed by atoms with van der Waals surface area (Å²) in [6.07, 6.45) is -0.318. The molecule has 0 radical (unpaired) electrons. The van der Waals surface area contributed by atoms with Crippen molar-refractivity contribution in [3.8, 4) is 11.1 Å². The molecular formula is C23H25FN2O3. The highest BCUT2D eigenvalue weighted by molar-refractivity contribution is 5.97. The lowest BCUT2D eigenvalue weighted by Crippen LogP contribution is -2.36. The number of likely N-dealkylation sites (tertiary alicyclic amines) is 1. The van der Waals surface area contributed by atoms with Crippen molar-refractivity contribution in [2.45, 2.75) is 32.3 Å². The molecule has 6 heteroatoms. The summed E-state index contributed by atoms with van der Waals surface area (Å²) in [6.45, 7) is 7.16. The minimum atomic E-state index is -0.544. The highest BCUT2D eigenvalue weighted by atomic mass is 19.1. The van der Waals surface area contributed by atoms with Crippen LogP contribution in [0.15, 0.2) is 42.5 Å². The third-order valence-electron chi connectivity index (χ3n) is 5.49. The lowest BCUT2D eigenvalue weighted by atomic mass is 9.86. The molecule has 0 aliphatic carbocycles. The van der Waals surface area contributed by atoms with Gasteiger partial charge in [-0.2, -0.15) is 0 Å². The SMILES string of the molecule is CC(C)(C)OC(=O)N1C[C@H]2CNC(=O)c3cc(-c4ccc(F)cc4)ccc3[C@@H]2C1. The number of fused-ring (bicyclic) bond motifs is 3. The molecule has 1 fully saturated rings. The maximum absolute atomic E-state index is 13.2. The predicted molar refractivity (Wildman–Crippen MR) is 108 cm³/mol. The number of nitrogens with zero attached hydrogens (tertiary/aromatic N) is 1. The second-order valence-electron chi connectivity index (χ2n) is 8.77. The number of hydrogen-bond acceptors (Lipinski definition) is 3. The molecule has 152 valence electrons. The zero-order chi connectivity index (χ0) is 20.8. The zero-order valence-electron chi connectivity index (χ0n) is 16.9. The number of ether oxygens (including phenoxy) is 1. The van der Waals surface area contributed by atoms with E-state index in [1.165, 1.54) is 12.1 Å². The number of halogens is 1. The summed E-state index contributed by atoms with van der Waals surface area (Å²) in [5.41, 5.74) is 2.73. The van der Waals surface area contributed by atoms with Gasteiger partial charge in [0.05, 0.1) is 0 Å². The molecule has 29 heavy (non-hydrogen) atoms. The van der Waals surface area contributed by atoms with Gasteiger partial charge in [-0.1, -0.05) is 24.3 Å². The largest absolute Gasteiger partial charge is 0.444 e. The molecule has 0 saturated carbocycles. The number of amides is 2. The van der Waals surface area contributed by atoms with E-state index in [2.05, 4.69) is 5.32 Å². The summed E-state index contributed by atoms with van der Waals surface area (Å²) in [5, 5.41) is 2.99. The van der Waals surface area contributed by atoms with Crippen molar-refractivity contribution in [1.82, 2.24) is 10.2 Å². The molecule has 2 aliphatic heterocycles. The summed E-state index contributed by atoms with van der Waals surface area (Å²) in [4.78, 5) is 27.0. The van der Waals surface area contributed by atoms with Gasteiger partial charge in [-0.3, -0.25) is 4.79 Å². The van der Waals surface area contributed by atoms with Crippen LogP contribution in [0.4, 0.5) is 9.18 Å². The number of benzene rings is 2. The summed E-state index contributed by atoms with van der Waals surface area (Å²) in [7, 11) is 0. The first kappa shape index (κ1) is 19.4. The van der Waals surface area contributed by atoms with Crippen molar-refractivity contribution in [2.75, 3.05) is 19.6 Å². The second kappa shape index (κ2) is 7.17. The van der Waals surface area contributed by atoms with E-state index in [0.29, 0.717) is 25.2 Å². The van der Waals surface area contributed by atoms with E-state index in [-0.39, 0.29) is 29.7 Å². The van der Waals surface area contributed by atoms with E-state index in [4.69, 9.17) is 4.74 Å². The molecule has 1 saturated heterocycles. The Kier molecular flexibility index (Phi) is 4.81. The zero-order valence-corrected chi connectivity index (χ0v) is 16.9. The van der Waals surface area contributed by atoms with Gasteiger partial charge in [0.1, 0.15) is 11.4 Å². The smallest absolute Gasteiger partial charge is 0.410 e. The van der Waals surface area contributed by atoms with Crippen molar-refractivity contribution >= 4 is 12.0 Å². The standard InChI is InChI=1S/C23H25FN2O3/c1-23(2,3)29-22(28)26-12-16-11-25-21(27)19-10-15(6-9-18(19)20(16)13-26)14-4-7-17(24)8-5-14/h4-10,16,20H,11-13H2,1-3H3,(H,25,27)/t16-,20-/m1/s1. The molecule has 2 aliphatic rings. The monoisotopic (exact) mass is 396 g/mol. The van der Waals surface area contributed by atoms with Crippen molar-refractivity contribution in [3.05, 3.63) is 59.4 Å². The second-order valence-corrected chi connectivity index (χ2v) is 8.77. The molecule has 0 spiro atoms. The van der Waals surface area contributed by atoms with Gasteiger partial charge in [-0.15, -0.1) is 0 Å². The molecule has 2 heterocycles. The topological polar surface area (TPSA) is 58.6 Å². The fraction of sp³-hybridized carbons (Fsp3) is 0.391. The summed E-state index contributed by atoms with van der Waals surface area (Å²) >= 11 is 0. The van der Waals surface area contributed by atoms with E-state index in [0.717, 1.165) is 16.7 Å². The molecule has 4 rings (SSSR count). The van der Waals surface area contributed by atoms with E-state index in [1.807, 2.05) is 39.0 Å². The van der Waals surface area contributed by atoms with Gasteiger partial charge < -0.3 is 15.0 Å². The lowest BCUT2D eigenvalue weighted by molar-refractivity contribution is 0.0287. The first-order chi connectivity index (χ1) is 13.7. The molecular weight excluding hydrogens is 371 g/mol. The third-order valence-corrected chi connectivity index (χ3v) is 5.49. The van der Waals surface area contributed by atoms with Crippen LogP contribution in [0.3, 0.4) is 0 Å². The highest BCUT2D eigenvalue weighted by Crippen LogP contribution is 2.38. The van der Waals surface area contributed by atoms with Gasteiger partial charge >= 0.3 is 6.09 Å². The maximum Gasteiger partial charge on any atom is 0.410 e. The molecule has 2 aromatic carbocycles. The fourth-order valence-corrected chi connectivity index (χ4v) is 4.12. The Hall–Kier alpha value is -2.89. The Bertz CT molecular complexity index is 950. The Balaban J connectivity index is 1.63. The van der Waals surface area contributed by atoms with Crippen LogP contribution in [0.2, 0.25) is 0 Å². The summed E-state index contributed by atoms with van der Waals surface area (Å²) < 4.78 is 18.8. The van der Waals surface area contributed by atoms with Crippen LogP contribution in [-0.2, 0) is 4.74 Å². The average molecular weight is 396 g/mol. The quantitative estimate of drug-likeness (QED) is 0.786. The van der Waals surface area contributed by atoms with Gasteiger partial charge in [0.2, 0.25) is 0 Å². The van der Waals surface area contributed by atoms with Crippen molar-refractivity contribution < 1.29 is 18.7 Å². The molecule has 0 bridgehead atoms. The summed E-state index contributed by atoms with van der Waals surface area (Å²) in [6, 6.07) is 12.0. The Labute approximate surface area is 169 Å². The Morgan fingerprint density at radius 3 is 2.48 bits per heavy atom. The van der Waals surface area contributed by atoms with Gasteiger partial charge in [0, 0.05) is 37.0 Å². The first-order valence-corrected chi connectivity index (χ1v) is 9.87. The van der Waals surface area contributed by atoms with Crippen LogP contribution < -0.4 is 5.32 Å². The molecule has 0 aromatic heterocycles. The molecule has 2 amide bonds. The lowest BCUT2D eigenvalue weighted by Gasteiger charge is -2.24. The number of carbonyl (C=O) groups is 2. The van der Waals surface area contributed by atoms with Crippen molar-refractivity contribution in [3.63, 3.8) is 0 Å². The summed E-state index contributed by atoms with van der Waals surface area (Å²) in [5.74, 6) is -0.192. The molecule has 1 N–H and O–H groups in total. The van der Waals surface area contributed by atoms with Crippen LogP contribution in [-0.4, -0.2) is 42.1 Å². The van der Waals surface area contributed by atoms with Crippen LogP contribution in [0, 0.1) is 11.7 Å². The van der Waals surface area contributed by atoms with Crippen LogP contribution in [0.1, 0.15) is 42.6 Å². The molecule has 2 atom stereocenters. The van der Waals surface area contributed by atoms with Crippen molar-refractivity contribution in [1.29, 1.82) is 0 Å². The van der Waals surface area contributed by atoms with Gasteiger partial charge in [0.15, 0.2) is 0 Å². The normalized spacial score (nSPS) is 21.1. The van der Waals surface area contributed by atoms with Gasteiger partial charge in [-0.25, -0.2) is 9.18 Å². The van der Waals surface area contributed by atoms with Gasteiger partial charge in [0.25, 0.3) is 5.91 Å². The molecule has 0 unspecified atom stereocenters. The fourth-order valence-electron chi connectivity index (χ4n) is 4.12. The third kappa shape index (κ3) is 3.97. The number of hydrogen-bond donors (Lipinski definition) is 1. The minimum Gasteiger partial charge on any atom is -0.444 e. The minimum absolute atomic E-state index is 0.0683. The van der Waals surface area contributed by atoms with E-state index >= 15 is 0 Å². The van der Waals surface area contributed by atoms with Gasteiger partial charge in [-0.05, 0) is 55.7 Å². The number of carbonyl (C=O) groups excluding carboxylic acids is 2. The van der Waals surface area contributed by atoms with E-state index in [9.17, 15) is 14.0 Å². The molecule has 5 nitrogen and oxygen atoms in total. The maximum atomic E-state index is 13.2. The number of rotatable bonds is 1. The average Bonchev–Trinajstić information content (AvgIpc) is 3.04. The molecule has 2 aromatic rings. The van der Waals surface area contributed by atoms with E-state index < -0.39 is 5.60 Å². The Morgan fingerprint density at radius 2 is 1.79 bits per heavy atom. The van der Waals surface area contributed by atoms with Crippen molar-refractivity contribution in [2.24, 2.45) is 5.92 Å². The predicted octanol–water partition coefficient (Wildman–Crippen LogP) is 4.19. The Morgan fingerprint density at radius 1 is 1.10 bits per heavy atom. The number of nitrogens with one attached hydrogen (secondary N) is 1. The first-order valence-electron chi connectivity index (χ1n) is 9.87. The van der Waals surface area contributed by atoms with Crippen LogP contribution in [0.5, 0.6) is 0 Å². The van der Waals surface area contributed by atoms with Crippen LogP contribution in [0.25, 0.3) is 11.1 Å². The van der Waals surface area contributed by atoms with Crippen LogP contribution >= 0.6 is 0 Å².